The molecule has 4 rings (SSSR count). The first-order chi connectivity index (χ1) is 12.1. The minimum absolute atomic E-state index is 0.147. The molecule has 1 aromatic carbocycles. The van der Waals surface area contributed by atoms with E-state index in [0.29, 0.717) is 12.1 Å². The molecule has 1 aromatic heterocycles. The first-order valence-electron chi connectivity index (χ1n) is 8.74. The second-order valence-corrected chi connectivity index (χ2v) is 7.85. The molecule has 2 bridgehead atoms. The van der Waals surface area contributed by atoms with Gasteiger partial charge in [-0.3, -0.25) is 4.79 Å². The molecule has 0 aliphatic carbocycles. The lowest BCUT2D eigenvalue weighted by molar-refractivity contribution is 0.188. The van der Waals surface area contributed by atoms with Crippen molar-refractivity contribution in [2.75, 3.05) is 0 Å². The first kappa shape index (κ1) is 16.9. The van der Waals surface area contributed by atoms with Crippen LogP contribution in [0, 0.1) is 0 Å². The average molecular weight is 359 g/mol. The lowest BCUT2D eigenvalue weighted by atomic mass is 9.84. The number of para-hydroxylation sites is 2. The molecule has 2 aromatic rings. The number of nitrogens with one attached hydrogen (secondary N) is 1. The van der Waals surface area contributed by atoms with E-state index in [-0.39, 0.29) is 17.3 Å². The number of nitrogens with zero attached hydrogens (tertiary/aromatic N) is 2. The number of benzene rings is 1. The van der Waals surface area contributed by atoms with Crippen LogP contribution in [0.3, 0.4) is 0 Å². The molecule has 0 amide bonds. The molecule has 2 atom stereocenters. The SMILES string of the molecule is O=c1c(/C=C/P(O)O)nc2ccccc2n1C1CC2CCCC(C1)N2. The summed E-state index contributed by atoms with van der Waals surface area (Å²) in [7, 11) is -2.19. The summed E-state index contributed by atoms with van der Waals surface area (Å²) in [5, 5.41) is 3.67. The zero-order valence-corrected chi connectivity index (χ0v) is 14.8. The van der Waals surface area contributed by atoms with E-state index in [0.717, 1.165) is 36.7 Å². The predicted octanol–water partition coefficient (Wildman–Crippen LogP) is 2.51. The highest BCUT2D eigenvalue weighted by molar-refractivity contribution is 7.48. The molecule has 2 aliphatic rings. The van der Waals surface area contributed by atoms with Crippen LogP contribution in [-0.4, -0.2) is 31.4 Å². The molecular formula is C18H22N3O3P. The van der Waals surface area contributed by atoms with Crippen molar-refractivity contribution in [1.29, 1.82) is 0 Å². The second-order valence-electron chi connectivity index (χ2n) is 6.91. The number of fused-ring (bicyclic) bond motifs is 3. The Bertz CT molecular complexity index is 852. The fraction of sp³-hybridized carbons (Fsp3) is 0.444. The van der Waals surface area contributed by atoms with Crippen molar-refractivity contribution in [2.45, 2.75) is 50.2 Å². The lowest BCUT2D eigenvalue weighted by Gasteiger charge is -2.41. The minimum atomic E-state index is -2.19. The Balaban J connectivity index is 1.83. The average Bonchev–Trinajstić information content (AvgIpc) is 2.59. The Morgan fingerprint density at radius 1 is 1.20 bits per heavy atom. The van der Waals surface area contributed by atoms with Crippen LogP contribution in [0.5, 0.6) is 0 Å². The molecular weight excluding hydrogens is 337 g/mol. The summed E-state index contributed by atoms with van der Waals surface area (Å²) in [6.45, 7) is 0. The Kier molecular flexibility index (Phi) is 4.69. The standard InChI is InChI=1S/C18H22N3O3P/c22-18-16(8-9-25(23)24)20-15-6-1-2-7-17(15)21(18)14-10-12-4-3-5-13(11-14)19-12/h1-2,6-9,12-14,19,23-24H,3-5,10-11H2/b9-8+. The van der Waals surface area contributed by atoms with Crippen LogP contribution in [0.25, 0.3) is 17.1 Å². The van der Waals surface area contributed by atoms with E-state index in [2.05, 4.69) is 10.3 Å². The van der Waals surface area contributed by atoms with Gasteiger partial charge in [0.2, 0.25) is 0 Å². The van der Waals surface area contributed by atoms with Crippen LogP contribution in [-0.2, 0) is 0 Å². The van der Waals surface area contributed by atoms with E-state index in [4.69, 9.17) is 9.79 Å². The molecule has 0 saturated carbocycles. The molecule has 6 nitrogen and oxygen atoms in total. The van der Waals surface area contributed by atoms with Gasteiger partial charge >= 0.3 is 0 Å². The number of rotatable bonds is 3. The van der Waals surface area contributed by atoms with Crippen molar-refractivity contribution in [3.63, 3.8) is 0 Å². The summed E-state index contributed by atoms with van der Waals surface area (Å²) < 4.78 is 1.88. The van der Waals surface area contributed by atoms with Crippen molar-refractivity contribution in [3.05, 3.63) is 46.1 Å². The topological polar surface area (TPSA) is 87.4 Å². The summed E-state index contributed by atoms with van der Waals surface area (Å²) in [5.74, 6) is 1.23. The Labute approximate surface area is 147 Å². The fourth-order valence-corrected chi connectivity index (χ4v) is 4.50. The maximum absolute atomic E-state index is 13.1. The number of piperidine rings is 2. The molecule has 132 valence electrons. The maximum atomic E-state index is 13.1. The van der Waals surface area contributed by atoms with Crippen molar-refractivity contribution in [1.82, 2.24) is 14.9 Å². The Morgan fingerprint density at radius 3 is 2.64 bits per heavy atom. The van der Waals surface area contributed by atoms with Crippen LogP contribution in [0.4, 0.5) is 0 Å². The zero-order chi connectivity index (χ0) is 17.4. The Hall–Kier alpha value is -1.59. The molecule has 3 heterocycles. The van der Waals surface area contributed by atoms with Crippen molar-refractivity contribution >= 4 is 25.5 Å². The van der Waals surface area contributed by atoms with Gasteiger partial charge in [-0.2, -0.15) is 0 Å². The molecule has 25 heavy (non-hydrogen) atoms. The smallest absolute Gasteiger partial charge is 0.277 e. The summed E-state index contributed by atoms with van der Waals surface area (Å²) in [6, 6.07) is 8.76. The van der Waals surface area contributed by atoms with Gasteiger partial charge in [-0.15, -0.1) is 0 Å². The molecule has 2 aliphatic heterocycles. The Morgan fingerprint density at radius 2 is 1.92 bits per heavy atom. The van der Waals surface area contributed by atoms with E-state index in [1.807, 2.05) is 28.8 Å². The van der Waals surface area contributed by atoms with Crippen molar-refractivity contribution in [2.24, 2.45) is 0 Å². The summed E-state index contributed by atoms with van der Waals surface area (Å²) in [5.41, 5.74) is 1.71. The van der Waals surface area contributed by atoms with Crippen LogP contribution in [0.15, 0.2) is 34.9 Å². The minimum Gasteiger partial charge on any atom is -0.347 e. The van der Waals surface area contributed by atoms with Gasteiger partial charge in [0, 0.05) is 18.1 Å². The highest BCUT2D eigenvalue weighted by atomic mass is 31.2. The quantitative estimate of drug-likeness (QED) is 0.733. The zero-order valence-electron chi connectivity index (χ0n) is 13.9. The highest BCUT2D eigenvalue weighted by Crippen LogP contribution is 2.33. The first-order valence-corrected chi connectivity index (χ1v) is 10.1. The molecule has 2 saturated heterocycles. The van der Waals surface area contributed by atoms with Crippen LogP contribution in [0.1, 0.15) is 43.8 Å². The lowest BCUT2D eigenvalue weighted by Crippen LogP contribution is -2.50. The predicted molar refractivity (Wildman–Crippen MR) is 99.2 cm³/mol. The molecule has 7 heteroatoms. The molecule has 2 fully saturated rings. The summed E-state index contributed by atoms with van der Waals surface area (Å²) in [6.07, 6.45) is 6.90. The largest absolute Gasteiger partial charge is 0.347 e. The maximum Gasteiger partial charge on any atom is 0.277 e. The summed E-state index contributed by atoms with van der Waals surface area (Å²) >= 11 is 0. The normalized spacial score (nSPS) is 26.6. The summed E-state index contributed by atoms with van der Waals surface area (Å²) in [4.78, 5) is 35.8. The molecule has 0 spiro atoms. The molecule has 3 N–H and O–H groups in total. The van der Waals surface area contributed by atoms with Crippen LogP contribution in [0.2, 0.25) is 0 Å². The van der Waals surface area contributed by atoms with Gasteiger partial charge in [-0.1, -0.05) is 18.6 Å². The second kappa shape index (κ2) is 6.96. The fourth-order valence-electron chi connectivity index (χ4n) is 4.23. The third kappa shape index (κ3) is 3.40. The van der Waals surface area contributed by atoms with Crippen molar-refractivity contribution in [3.8, 4) is 0 Å². The van der Waals surface area contributed by atoms with Gasteiger partial charge in [0.05, 0.1) is 11.0 Å². The number of hydrogen-bond donors (Lipinski definition) is 3. The third-order valence-electron chi connectivity index (χ3n) is 5.24. The number of hydrogen-bond acceptors (Lipinski definition) is 5. The van der Waals surface area contributed by atoms with Crippen LogP contribution >= 0.6 is 8.38 Å². The van der Waals surface area contributed by atoms with Crippen molar-refractivity contribution < 1.29 is 9.79 Å². The van der Waals surface area contributed by atoms with Gasteiger partial charge in [-0.05, 0) is 49.7 Å². The highest BCUT2D eigenvalue weighted by Gasteiger charge is 2.33. The van der Waals surface area contributed by atoms with Gasteiger partial charge in [0.1, 0.15) is 5.69 Å². The van der Waals surface area contributed by atoms with Crippen LogP contribution < -0.4 is 10.9 Å². The molecule has 2 unspecified atom stereocenters. The van der Waals surface area contributed by atoms with E-state index in [9.17, 15) is 4.79 Å². The van der Waals surface area contributed by atoms with Gasteiger partial charge < -0.3 is 19.7 Å². The van der Waals surface area contributed by atoms with E-state index in [1.54, 1.807) is 0 Å². The van der Waals surface area contributed by atoms with E-state index in [1.165, 1.54) is 18.3 Å². The number of aromatic nitrogens is 2. The third-order valence-corrected chi connectivity index (χ3v) is 5.66. The van der Waals surface area contributed by atoms with Gasteiger partial charge in [-0.25, -0.2) is 4.98 Å². The van der Waals surface area contributed by atoms with Gasteiger partial charge in [0.15, 0.2) is 8.38 Å². The van der Waals surface area contributed by atoms with Gasteiger partial charge in [0.25, 0.3) is 5.56 Å². The molecule has 0 radical (unpaired) electrons. The van der Waals surface area contributed by atoms with E-state index >= 15 is 0 Å². The van der Waals surface area contributed by atoms with E-state index < -0.39 is 8.38 Å². The monoisotopic (exact) mass is 359 g/mol.